The van der Waals surface area contributed by atoms with Crippen molar-refractivity contribution in [1.29, 1.82) is 0 Å². The summed E-state index contributed by atoms with van der Waals surface area (Å²) in [5.41, 5.74) is 8.46. The minimum atomic E-state index is -0.238. The Morgan fingerprint density at radius 2 is 2.00 bits per heavy atom. The van der Waals surface area contributed by atoms with E-state index in [9.17, 15) is 4.79 Å². The van der Waals surface area contributed by atoms with Crippen LogP contribution in [-0.2, 0) is 15.9 Å². The van der Waals surface area contributed by atoms with Crippen molar-refractivity contribution in [1.82, 2.24) is 24.8 Å². The monoisotopic (exact) mass is 454 g/mol. The molecule has 1 unspecified atom stereocenters. The van der Waals surface area contributed by atoms with E-state index in [1.807, 2.05) is 6.92 Å². The summed E-state index contributed by atoms with van der Waals surface area (Å²) in [7, 11) is 0. The third-order valence-electron chi connectivity index (χ3n) is 6.41. The third-order valence-corrected chi connectivity index (χ3v) is 6.41. The lowest BCUT2D eigenvalue weighted by Crippen LogP contribution is -2.61. The lowest BCUT2D eigenvalue weighted by atomic mass is 10.1. The van der Waals surface area contributed by atoms with Gasteiger partial charge in [0.25, 0.3) is 0 Å². The van der Waals surface area contributed by atoms with Crippen LogP contribution >= 0.6 is 0 Å². The summed E-state index contributed by atoms with van der Waals surface area (Å²) in [6.07, 6.45) is 4.84. The van der Waals surface area contributed by atoms with Gasteiger partial charge in [-0.05, 0) is 19.8 Å². The quantitative estimate of drug-likeness (QED) is 0.708. The number of nitrogen functional groups attached to an aromatic ring is 1. The minimum Gasteiger partial charge on any atom is -0.449 e. The van der Waals surface area contributed by atoms with E-state index < -0.39 is 0 Å². The molecule has 2 aromatic rings. The number of ether oxygens (including phenoxy) is 2. The Kier molecular flexibility index (Phi) is 5.88. The van der Waals surface area contributed by atoms with Gasteiger partial charge in [0.05, 0.1) is 37.6 Å². The van der Waals surface area contributed by atoms with Crippen LogP contribution in [0.1, 0.15) is 25.8 Å². The molecule has 3 aliphatic heterocycles. The van der Waals surface area contributed by atoms with Gasteiger partial charge in [-0.25, -0.2) is 19.7 Å². The molecule has 11 nitrogen and oxygen atoms in total. The summed E-state index contributed by atoms with van der Waals surface area (Å²) < 4.78 is 10.9. The van der Waals surface area contributed by atoms with Gasteiger partial charge in [-0.15, -0.1) is 0 Å². The Hall–Kier alpha value is -3.21. The molecule has 2 aromatic heterocycles. The first-order valence-electron chi connectivity index (χ1n) is 11.6. The number of amides is 1. The van der Waals surface area contributed by atoms with E-state index in [0.29, 0.717) is 38.9 Å². The van der Waals surface area contributed by atoms with E-state index >= 15 is 0 Å². The van der Waals surface area contributed by atoms with Crippen molar-refractivity contribution in [2.75, 3.05) is 61.5 Å². The summed E-state index contributed by atoms with van der Waals surface area (Å²) >= 11 is 0. The predicted octanol–water partition coefficient (Wildman–Crippen LogP) is 1.33. The number of nitrogens with zero attached hydrogens (tertiary/aromatic N) is 7. The van der Waals surface area contributed by atoms with Crippen LogP contribution in [-0.4, -0.2) is 89.0 Å². The normalized spacial score (nSPS) is 20.5. The van der Waals surface area contributed by atoms with Crippen LogP contribution in [0.15, 0.2) is 12.4 Å². The molecule has 33 heavy (non-hydrogen) atoms. The van der Waals surface area contributed by atoms with Crippen molar-refractivity contribution in [3.05, 3.63) is 18.0 Å². The Bertz CT molecular complexity index is 1010. The molecule has 0 saturated carbocycles. The molecule has 5 heterocycles. The van der Waals surface area contributed by atoms with Crippen molar-refractivity contribution in [2.45, 2.75) is 38.8 Å². The van der Waals surface area contributed by atoms with Gasteiger partial charge in [-0.3, -0.25) is 0 Å². The number of rotatable bonds is 5. The first-order valence-corrected chi connectivity index (χ1v) is 11.6. The summed E-state index contributed by atoms with van der Waals surface area (Å²) in [5, 5.41) is 0. The van der Waals surface area contributed by atoms with E-state index in [-0.39, 0.29) is 24.1 Å². The highest BCUT2D eigenvalue weighted by molar-refractivity contribution is 5.74. The molecule has 0 bridgehead atoms. The minimum absolute atomic E-state index is 0.176. The van der Waals surface area contributed by atoms with Crippen LogP contribution in [0.4, 0.5) is 22.5 Å². The number of nitrogens with two attached hydrogens (primary N) is 1. The Balaban J connectivity index is 1.45. The van der Waals surface area contributed by atoms with Gasteiger partial charge in [0, 0.05) is 49.7 Å². The van der Waals surface area contributed by atoms with Crippen molar-refractivity contribution >= 4 is 23.8 Å². The highest BCUT2D eigenvalue weighted by atomic mass is 16.6. The molecule has 0 aliphatic carbocycles. The first-order chi connectivity index (χ1) is 16.0. The van der Waals surface area contributed by atoms with Crippen molar-refractivity contribution < 1.29 is 14.3 Å². The second-order valence-corrected chi connectivity index (χ2v) is 8.74. The van der Waals surface area contributed by atoms with Crippen molar-refractivity contribution in [2.24, 2.45) is 0 Å². The van der Waals surface area contributed by atoms with Gasteiger partial charge < -0.3 is 29.9 Å². The fourth-order valence-corrected chi connectivity index (χ4v) is 4.56. The number of carbonyl (C=O) groups is 1. The lowest BCUT2D eigenvalue weighted by molar-refractivity contribution is 0.0711. The van der Waals surface area contributed by atoms with Crippen LogP contribution in [0.3, 0.4) is 0 Å². The van der Waals surface area contributed by atoms with E-state index in [2.05, 4.69) is 26.7 Å². The zero-order chi connectivity index (χ0) is 22.9. The molecule has 0 spiro atoms. The number of fused-ring (bicyclic) bond motifs is 1. The standard InChI is InChI=1S/C22H30N8O3/c1-3-7-33-22(31)28-11-16(12-28)30-5-4-17-18(15-9-24-20(23)25-10-15)26-21(27-19(17)30)29-6-8-32-13-14(29)2/h9-10,14,16H,3-8,11-13H2,1-2H3,(H2,23,24,25). The summed E-state index contributed by atoms with van der Waals surface area (Å²) in [6.45, 7) is 8.68. The Labute approximate surface area is 192 Å². The molecular formula is C22H30N8O3. The molecule has 3 aliphatic rings. The Morgan fingerprint density at radius 3 is 2.73 bits per heavy atom. The zero-order valence-electron chi connectivity index (χ0n) is 19.1. The number of carbonyl (C=O) groups excluding carboxylic acids is 1. The summed E-state index contributed by atoms with van der Waals surface area (Å²) in [6, 6.07) is 0.385. The number of likely N-dealkylation sites (tertiary alicyclic amines) is 1. The van der Waals surface area contributed by atoms with E-state index in [1.54, 1.807) is 17.3 Å². The maximum Gasteiger partial charge on any atom is 0.409 e. The first kappa shape index (κ1) is 21.6. The predicted molar refractivity (Wildman–Crippen MR) is 123 cm³/mol. The topological polar surface area (TPSA) is 123 Å². The molecule has 0 aromatic carbocycles. The van der Waals surface area contributed by atoms with Crippen LogP contribution < -0.4 is 15.5 Å². The molecule has 176 valence electrons. The zero-order valence-corrected chi connectivity index (χ0v) is 19.1. The average molecular weight is 455 g/mol. The number of hydrogen-bond acceptors (Lipinski definition) is 10. The molecular weight excluding hydrogens is 424 g/mol. The van der Waals surface area contributed by atoms with Gasteiger partial charge in [0.1, 0.15) is 5.82 Å². The second kappa shape index (κ2) is 8.97. The SMILES string of the molecule is CCCOC(=O)N1CC(N2CCc3c(-c4cnc(N)nc4)nc(N4CCOCC4C)nc32)C1. The lowest BCUT2D eigenvalue weighted by Gasteiger charge is -2.44. The highest BCUT2D eigenvalue weighted by Crippen LogP contribution is 2.38. The van der Waals surface area contributed by atoms with Crippen LogP contribution in [0.5, 0.6) is 0 Å². The number of anilines is 3. The molecule has 2 saturated heterocycles. The van der Waals surface area contributed by atoms with Crippen LogP contribution in [0.25, 0.3) is 11.3 Å². The van der Waals surface area contributed by atoms with Gasteiger partial charge in [0.15, 0.2) is 0 Å². The molecule has 0 radical (unpaired) electrons. The Morgan fingerprint density at radius 1 is 1.21 bits per heavy atom. The smallest absolute Gasteiger partial charge is 0.409 e. The van der Waals surface area contributed by atoms with Crippen LogP contribution in [0.2, 0.25) is 0 Å². The molecule has 1 atom stereocenters. The fraction of sp³-hybridized carbons (Fsp3) is 0.591. The highest BCUT2D eigenvalue weighted by Gasteiger charge is 2.40. The van der Waals surface area contributed by atoms with Gasteiger partial charge in [0.2, 0.25) is 11.9 Å². The van der Waals surface area contributed by atoms with Crippen molar-refractivity contribution in [3.8, 4) is 11.3 Å². The maximum atomic E-state index is 12.2. The fourth-order valence-electron chi connectivity index (χ4n) is 4.56. The van der Waals surface area contributed by atoms with Crippen LogP contribution in [0, 0.1) is 0 Å². The molecule has 2 fully saturated rings. The summed E-state index contributed by atoms with van der Waals surface area (Å²) in [4.78, 5) is 36.7. The van der Waals surface area contributed by atoms with Gasteiger partial charge in [-0.1, -0.05) is 6.92 Å². The molecule has 5 rings (SSSR count). The summed E-state index contributed by atoms with van der Waals surface area (Å²) in [5.74, 6) is 1.84. The van der Waals surface area contributed by atoms with E-state index in [1.165, 1.54) is 0 Å². The second-order valence-electron chi connectivity index (χ2n) is 8.74. The largest absolute Gasteiger partial charge is 0.449 e. The maximum absolute atomic E-state index is 12.2. The average Bonchev–Trinajstić information content (AvgIpc) is 3.20. The number of morpholine rings is 1. The van der Waals surface area contributed by atoms with E-state index in [0.717, 1.165) is 48.6 Å². The number of hydrogen-bond donors (Lipinski definition) is 1. The van der Waals surface area contributed by atoms with Gasteiger partial charge in [-0.2, -0.15) is 4.98 Å². The van der Waals surface area contributed by atoms with Gasteiger partial charge >= 0.3 is 6.09 Å². The van der Waals surface area contributed by atoms with E-state index in [4.69, 9.17) is 25.2 Å². The number of aromatic nitrogens is 4. The molecule has 1 amide bonds. The van der Waals surface area contributed by atoms with Crippen molar-refractivity contribution in [3.63, 3.8) is 0 Å². The molecule has 2 N–H and O–H groups in total. The third kappa shape index (κ3) is 4.12. The molecule has 11 heteroatoms.